The molecule has 17 heteroatoms. The van der Waals surface area contributed by atoms with Crippen LogP contribution in [0.3, 0.4) is 0 Å². The van der Waals surface area contributed by atoms with Crippen LogP contribution in [0.1, 0.15) is 234 Å². The fourth-order valence-electron chi connectivity index (χ4n) is 29.6. The molecule has 6 heterocycles. The lowest BCUT2D eigenvalue weighted by atomic mass is 9.41. The van der Waals surface area contributed by atoms with Crippen LogP contribution in [0.4, 0.5) is 0 Å². The molecule has 0 aromatic rings. The highest BCUT2D eigenvalue weighted by Crippen LogP contribution is 2.91. The molecular formula is C82H138N4O13. The molecule has 0 aromatic carbocycles. The average Bonchev–Trinajstić information content (AvgIpc) is 1.47. The second kappa shape index (κ2) is 24.4. The molecule has 16 aliphatic rings. The zero-order valence-electron chi connectivity index (χ0n) is 65.0. The summed E-state index contributed by atoms with van der Waals surface area (Å²) in [7, 11) is 0. The van der Waals surface area contributed by atoms with Gasteiger partial charge in [-0.2, -0.15) is 0 Å². The Morgan fingerprint density at radius 3 is 1.29 bits per heavy atom. The number of esters is 1. The first-order chi connectivity index (χ1) is 46.2. The number of likely N-dealkylation sites (tertiary alicyclic amines) is 2. The largest absolute Gasteiger partial charge is 0.457 e. The molecule has 16 fully saturated rings. The first-order valence-corrected chi connectivity index (χ1v) is 40.7. The van der Waals surface area contributed by atoms with E-state index in [4.69, 9.17) is 33.2 Å². The molecule has 6 aliphatic heterocycles. The number of rotatable bonds is 13. The highest BCUT2D eigenvalue weighted by molar-refractivity contribution is 5.66. The zero-order chi connectivity index (χ0) is 71.1. The number of carbonyl (C=O) groups excluding carboxylic acids is 1. The van der Waals surface area contributed by atoms with Crippen LogP contribution >= 0.6 is 0 Å². The summed E-state index contributed by atoms with van der Waals surface area (Å²) in [5.41, 5.74) is -1.71. The van der Waals surface area contributed by atoms with Crippen molar-refractivity contribution in [3.05, 3.63) is 0 Å². The van der Waals surface area contributed by atoms with E-state index in [0.717, 1.165) is 111 Å². The van der Waals surface area contributed by atoms with E-state index in [9.17, 15) is 30.3 Å². The summed E-state index contributed by atoms with van der Waals surface area (Å²) >= 11 is 0. The number of hydrogen-bond acceptors (Lipinski definition) is 17. The lowest BCUT2D eigenvalue weighted by Gasteiger charge is -2.64. The van der Waals surface area contributed by atoms with Crippen molar-refractivity contribution in [3.63, 3.8) is 0 Å². The van der Waals surface area contributed by atoms with Gasteiger partial charge in [-0.05, 0) is 249 Å². The maximum atomic E-state index is 12.6. The van der Waals surface area contributed by atoms with Crippen LogP contribution in [-0.2, 0) is 38.0 Å². The molecule has 564 valence electrons. The van der Waals surface area contributed by atoms with E-state index in [1.807, 2.05) is 0 Å². The summed E-state index contributed by atoms with van der Waals surface area (Å²) in [6.45, 7) is 51.6. The Balaban J connectivity index is 0.000000162. The Morgan fingerprint density at radius 2 is 0.909 bits per heavy atom. The van der Waals surface area contributed by atoms with Crippen molar-refractivity contribution in [2.45, 2.75) is 343 Å². The van der Waals surface area contributed by atoms with E-state index in [0.29, 0.717) is 76.4 Å². The lowest BCUT2D eigenvalue weighted by molar-refractivity contribution is -0.253. The first kappa shape index (κ1) is 73.4. The molecule has 5 N–H and O–H groups in total. The summed E-state index contributed by atoms with van der Waals surface area (Å²) in [6.07, 6.45) is 13.7. The molecule has 0 amide bonds. The van der Waals surface area contributed by atoms with E-state index < -0.39 is 53.8 Å². The third kappa shape index (κ3) is 10.6. The maximum Gasteiger partial charge on any atom is 0.303 e. The van der Waals surface area contributed by atoms with E-state index >= 15 is 0 Å². The van der Waals surface area contributed by atoms with Gasteiger partial charge in [-0.15, -0.1) is 0 Å². The summed E-state index contributed by atoms with van der Waals surface area (Å²) in [5.74, 6) is 2.82. The predicted molar refractivity (Wildman–Crippen MR) is 380 cm³/mol. The smallest absolute Gasteiger partial charge is 0.303 e. The van der Waals surface area contributed by atoms with E-state index in [2.05, 4.69) is 117 Å². The third-order valence-corrected chi connectivity index (χ3v) is 35.0. The molecule has 6 saturated heterocycles. The first-order valence-electron chi connectivity index (χ1n) is 40.7. The van der Waals surface area contributed by atoms with Gasteiger partial charge < -0.3 is 58.7 Å². The Labute approximate surface area is 596 Å². The molecule has 16 rings (SSSR count). The molecular weight excluding hydrogens is 1250 g/mol. The van der Waals surface area contributed by atoms with Gasteiger partial charge in [0.15, 0.2) is 18.7 Å². The minimum atomic E-state index is -1.25. The number of morpholine rings is 2. The average molecular weight is 1390 g/mol. The van der Waals surface area contributed by atoms with Crippen LogP contribution in [-0.4, -0.2) is 226 Å². The summed E-state index contributed by atoms with van der Waals surface area (Å²) < 4.78 is 45.9. The van der Waals surface area contributed by atoms with Gasteiger partial charge in [-0.3, -0.25) is 24.4 Å². The van der Waals surface area contributed by atoms with Crippen LogP contribution < -0.4 is 0 Å². The van der Waals surface area contributed by atoms with Crippen molar-refractivity contribution in [1.82, 2.24) is 19.6 Å². The van der Waals surface area contributed by atoms with Gasteiger partial charge in [0.2, 0.25) is 0 Å². The minimum Gasteiger partial charge on any atom is -0.457 e. The highest BCUT2D eigenvalue weighted by Gasteiger charge is 2.87. The summed E-state index contributed by atoms with van der Waals surface area (Å²) in [6, 6.07) is 2.48. The normalized spacial score (nSPS) is 51.5. The number of hydrogen-bond donors (Lipinski definition) is 5. The molecule has 0 aromatic heterocycles. The summed E-state index contributed by atoms with van der Waals surface area (Å²) in [4.78, 5) is 22.5. The van der Waals surface area contributed by atoms with Crippen molar-refractivity contribution in [1.29, 1.82) is 0 Å². The van der Waals surface area contributed by atoms with Crippen molar-refractivity contribution in [2.75, 3.05) is 65.6 Å². The fourth-order valence-corrected chi connectivity index (χ4v) is 29.6. The fraction of sp³-hybridized carbons (Fsp3) is 0.988. The Kier molecular flexibility index (Phi) is 18.1. The number of nitrogens with zero attached hydrogens (tertiary/aromatic N) is 4. The molecule has 2 unspecified atom stereocenters. The van der Waals surface area contributed by atoms with E-state index in [1.54, 1.807) is 27.7 Å². The Morgan fingerprint density at radius 1 is 0.525 bits per heavy atom. The molecule has 10 aliphatic carbocycles. The topological polar surface area (TPSA) is 196 Å². The maximum absolute atomic E-state index is 12.6. The number of ether oxygens (including phenoxy) is 7. The molecule has 0 radical (unpaired) electrons. The van der Waals surface area contributed by atoms with Crippen LogP contribution in [0.5, 0.6) is 0 Å². The molecule has 0 bridgehead atoms. The summed E-state index contributed by atoms with van der Waals surface area (Å²) in [5, 5.41) is 57.9. The van der Waals surface area contributed by atoms with Gasteiger partial charge in [0.1, 0.15) is 6.10 Å². The lowest BCUT2D eigenvalue weighted by Crippen LogP contribution is -2.64. The van der Waals surface area contributed by atoms with Crippen molar-refractivity contribution < 1.29 is 63.5 Å². The Bertz CT molecular complexity index is 3000. The SMILES string of the molecule is CC(=O)O[C@@H]([C@H]1C[C@@H](C)[C@H]2[C@H](O1)[C@H](O)[C@@]1(C)[C@@H]3CC[C@H]4C(C)(C)[C@@H](O[C@H]5CN(C6CN(C(C)C)C6)CCO5)CCC45C[C@@]35CC[C@]21C)C(C)(C)O.CC(C)N1CC(N2CCO[C@@H](O[C@H]3CCC45C[C@]46CC[C@]4(C)[C@@H]7[C@H](O[C@@H]([C@H](O)C(C)(C)O)C[C@H]7C)[C@H](O)[C@@]4(C)[C@@H]6CC[C@H]5C3(C)C)C2)C1. The van der Waals surface area contributed by atoms with E-state index in [1.165, 1.54) is 58.3 Å². The van der Waals surface area contributed by atoms with Crippen molar-refractivity contribution in [3.8, 4) is 0 Å². The quantitative estimate of drug-likeness (QED) is 0.109. The molecule has 4 spiro atoms. The molecule has 99 heavy (non-hydrogen) atoms. The van der Waals surface area contributed by atoms with Gasteiger partial charge in [0.25, 0.3) is 0 Å². The number of carbonyl (C=O) groups is 1. The number of fused-ring (bicyclic) bond motifs is 8. The monoisotopic (exact) mass is 1390 g/mol. The standard InChI is InChI=1S/C42H70N2O7.C40H68N2O6/c1-24(2)44-20-27(21-44)43-17-18-48-32(22-43)51-31-13-14-41-23-42(41)16-15-39(9)33-25(3)19-28(36(38(7,8)47)49-26(4)45)50-34(33)35(46)40(39,10)30(42)12-11-29(41)37(31,5)6;1-23(2)42-19-25(20-42)41-16-17-46-30(21-41)48-29-12-13-39-22-40(39)15-14-37(8)31-24(3)18-26(33(43)36(6,7)45)47-32(31)34(44)38(37,9)28(40)11-10-27(39)35(29,4)5/h24-25,27-36,46-47H,11-23H2,1-10H3;23-34,43-45H,10-22H2,1-9H3/t25-,28-,29+,30+,31+,32+,33+,34+,35+,36+,39-,40-,41?,42+;24-,26-,27+,28+,29+,30+,31+,32+,33+,34+,37-,38-,39?,40+/m11/s1. The van der Waals surface area contributed by atoms with Crippen molar-refractivity contribution in [2.24, 2.45) is 101 Å². The van der Waals surface area contributed by atoms with Gasteiger partial charge >= 0.3 is 5.97 Å². The predicted octanol–water partition coefficient (Wildman–Crippen LogP) is 10.7. The van der Waals surface area contributed by atoms with Crippen molar-refractivity contribution >= 4 is 5.97 Å². The van der Waals surface area contributed by atoms with Gasteiger partial charge in [-0.1, -0.05) is 69.2 Å². The number of aliphatic hydroxyl groups is 5. The van der Waals surface area contributed by atoms with Crippen LogP contribution in [0.2, 0.25) is 0 Å². The van der Waals surface area contributed by atoms with Crippen LogP contribution in [0, 0.1) is 101 Å². The zero-order valence-corrected chi connectivity index (χ0v) is 65.0. The van der Waals surface area contributed by atoms with E-state index in [-0.39, 0.29) is 92.7 Å². The second-order valence-electron chi connectivity index (χ2n) is 41.1. The molecule has 17 nitrogen and oxygen atoms in total. The highest BCUT2D eigenvalue weighted by atomic mass is 16.7. The van der Waals surface area contributed by atoms with Crippen LogP contribution in [0.25, 0.3) is 0 Å². The molecule has 10 saturated carbocycles. The van der Waals surface area contributed by atoms with Gasteiger partial charge in [-0.25, -0.2) is 0 Å². The van der Waals surface area contributed by atoms with Gasteiger partial charge in [0, 0.05) is 94.3 Å². The minimum absolute atomic E-state index is 0.0135. The van der Waals surface area contributed by atoms with Crippen LogP contribution in [0.15, 0.2) is 0 Å². The second-order valence-corrected chi connectivity index (χ2v) is 41.1. The third-order valence-electron chi connectivity index (χ3n) is 35.0. The number of aliphatic hydroxyl groups excluding tert-OH is 3. The molecule has 28 atom stereocenters. The Hall–Kier alpha value is -1.13. The van der Waals surface area contributed by atoms with Gasteiger partial charge in [0.05, 0.1) is 73.2 Å².